The minimum Gasteiger partial charge on any atom is -0.396 e. The van der Waals surface area contributed by atoms with Gasteiger partial charge in [0.15, 0.2) is 5.96 Å². The molecule has 4 heteroatoms. The molecule has 0 aromatic carbocycles. The monoisotopic (exact) mass is 185 g/mol. The Morgan fingerprint density at radius 3 is 3.08 bits per heavy atom. The van der Waals surface area contributed by atoms with E-state index in [2.05, 4.69) is 22.5 Å². The number of nitrogens with one attached hydrogen (secondary N) is 2. The van der Waals surface area contributed by atoms with Crippen LogP contribution in [0.25, 0.3) is 0 Å². The summed E-state index contributed by atoms with van der Waals surface area (Å²) >= 11 is 0. The van der Waals surface area contributed by atoms with Gasteiger partial charge in [0.2, 0.25) is 0 Å². The number of hydrogen-bond donors (Lipinski definition) is 3. The first kappa shape index (κ1) is 10.3. The van der Waals surface area contributed by atoms with E-state index in [0.29, 0.717) is 5.92 Å². The standard InChI is InChI=1S/C9H19N3O/c1-2-8(3-6-13)7-12-9-10-4-5-11-9/h8,13H,2-7H2,1H3,(H2,10,11,12). The summed E-state index contributed by atoms with van der Waals surface area (Å²) in [7, 11) is 0. The van der Waals surface area contributed by atoms with Crippen molar-refractivity contribution in [1.82, 2.24) is 10.6 Å². The van der Waals surface area contributed by atoms with Crippen LogP contribution in [0.5, 0.6) is 0 Å². The summed E-state index contributed by atoms with van der Waals surface area (Å²) < 4.78 is 0. The predicted molar refractivity (Wildman–Crippen MR) is 53.8 cm³/mol. The molecule has 4 nitrogen and oxygen atoms in total. The summed E-state index contributed by atoms with van der Waals surface area (Å²) in [5.74, 6) is 1.46. The maximum absolute atomic E-state index is 8.79. The van der Waals surface area contributed by atoms with Gasteiger partial charge in [0.25, 0.3) is 0 Å². The SMILES string of the molecule is CCC(CCO)CNC1=NCCN1. The van der Waals surface area contributed by atoms with Crippen LogP contribution in [0.1, 0.15) is 19.8 Å². The lowest BCUT2D eigenvalue weighted by atomic mass is 10.0. The Labute approximate surface area is 79.4 Å². The Bertz CT molecular complexity index is 170. The van der Waals surface area contributed by atoms with Crippen LogP contribution in [0.4, 0.5) is 0 Å². The molecule has 1 atom stereocenters. The van der Waals surface area contributed by atoms with Crippen molar-refractivity contribution in [2.24, 2.45) is 10.9 Å². The van der Waals surface area contributed by atoms with Gasteiger partial charge in [-0.2, -0.15) is 0 Å². The fraction of sp³-hybridized carbons (Fsp3) is 0.889. The van der Waals surface area contributed by atoms with Crippen molar-refractivity contribution in [3.8, 4) is 0 Å². The highest BCUT2D eigenvalue weighted by molar-refractivity contribution is 5.81. The highest BCUT2D eigenvalue weighted by atomic mass is 16.3. The fourth-order valence-corrected chi connectivity index (χ4v) is 1.39. The zero-order chi connectivity index (χ0) is 9.52. The molecule has 1 heterocycles. The van der Waals surface area contributed by atoms with E-state index in [9.17, 15) is 0 Å². The Morgan fingerprint density at radius 1 is 1.69 bits per heavy atom. The van der Waals surface area contributed by atoms with Crippen molar-refractivity contribution < 1.29 is 5.11 Å². The molecule has 3 N–H and O–H groups in total. The molecule has 0 amide bonds. The number of aliphatic imine (C=N–C) groups is 1. The number of guanidine groups is 1. The van der Waals surface area contributed by atoms with Gasteiger partial charge in [0.05, 0.1) is 6.54 Å². The van der Waals surface area contributed by atoms with Crippen molar-refractivity contribution in [3.63, 3.8) is 0 Å². The molecule has 0 bridgehead atoms. The maximum Gasteiger partial charge on any atom is 0.191 e. The van der Waals surface area contributed by atoms with E-state index in [0.717, 1.165) is 38.4 Å². The molecule has 1 rings (SSSR count). The van der Waals surface area contributed by atoms with Crippen LogP contribution in [0.3, 0.4) is 0 Å². The lowest BCUT2D eigenvalue weighted by molar-refractivity contribution is 0.254. The molecule has 1 aliphatic heterocycles. The zero-order valence-corrected chi connectivity index (χ0v) is 8.21. The largest absolute Gasteiger partial charge is 0.396 e. The number of nitrogens with zero attached hydrogens (tertiary/aromatic N) is 1. The van der Waals surface area contributed by atoms with Crippen molar-refractivity contribution in [2.75, 3.05) is 26.2 Å². The molecular formula is C9H19N3O. The van der Waals surface area contributed by atoms with Crippen molar-refractivity contribution in [3.05, 3.63) is 0 Å². The van der Waals surface area contributed by atoms with Gasteiger partial charge in [-0.15, -0.1) is 0 Å². The van der Waals surface area contributed by atoms with E-state index in [-0.39, 0.29) is 6.61 Å². The normalized spacial score (nSPS) is 17.8. The van der Waals surface area contributed by atoms with Crippen molar-refractivity contribution in [2.45, 2.75) is 19.8 Å². The Morgan fingerprint density at radius 2 is 2.54 bits per heavy atom. The van der Waals surface area contributed by atoms with Gasteiger partial charge in [-0.05, 0) is 12.3 Å². The van der Waals surface area contributed by atoms with Crippen LogP contribution < -0.4 is 10.6 Å². The summed E-state index contributed by atoms with van der Waals surface area (Å²) in [4.78, 5) is 4.23. The summed E-state index contributed by atoms with van der Waals surface area (Å²) in [6, 6.07) is 0. The average molecular weight is 185 g/mol. The summed E-state index contributed by atoms with van der Waals surface area (Å²) in [6.07, 6.45) is 1.97. The molecule has 0 spiro atoms. The van der Waals surface area contributed by atoms with Gasteiger partial charge >= 0.3 is 0 Å². The van der Waals surface area contributed by atoms with E-state index in [4.69, 9.17) is 5.11 Å². The minimum atomic E-state index is 0.278. The van der Waals surface area contributed by atoms with E-state index in [1.54, 1.807) is 0 Å². The molecule has 0 saturated carbocycles. The zero-order valence-electron chi connectivity index (χ0n) is 8.21. The van der Waals surface area contributed by atoms with Gasteiger partial charge in [-0.1, -0.05) is 13.3 Å². The van der Waals surface area contributed by atoms with Crippen LogP contribution in [0.2, 0.25) is 0 Å². The Kier molecular flexibility index (Phi) is 4.60. The van der Waals surface area contributed by atoms with Gasteiger partial charge in [-0.3, -0.25) is 4.99 Å². The number of hydrogen-bond acceptors (Lipinski definition) is 4. The first-order valence-corrected chi connectivity index (χ1v) is 5.00. The highest BCUT2D eigenvalue weighted by Crippen LogP contribution is 2.05. The van der Waals surface area contributed by atoms with Crippen LogP contribution in [0, 0.1) is 5.92 Å². The lowest BCUT2D eigenvalue weighted by Crippen LogP contribution is -2.37. The minimum absolute atomic E-state index is 0.278. The van der Waals surface area contributed by atoms with Gasteiger partial charge in [0, 0.05) is 19.7 Å². The van der Waals surface area contributed by atoms with E-state index in [1.165, 1.54) is 0 Å². The fourth-order valence-electron chi connectivity index (χ4n) is 1.39. The van der Waals surface area contributed by atoms with Gasteiger partial charge in [-0.25, -0.2) is 0 Å². The van der Waals surface area contributed by atoms with Crippen LogP contribution in [-0.2, 0) is 0 Å². The number of rotatable bonds is 5. The first-order chi connectivity index (χ1) is 6.36. The molecule has 76 valence electrons. The Balaban J connectivity index is 2.14. The molecule has 0 radical (unpaired) electrons. The molecule has 13 heavy (non-hydrogen) atoms. The third kappa shape index (κ3) is 3.63. The summed E-state index contributed by atoms with van der Waals surface area (Å²) in [5, 5.41) is 15.2. The maximum atomic E-state index is 8.79. The van der Waals surface area contributed by atoms with Gasteiger partial charge in [0.1, 0.15) is 0 Å². The molecule has 1 aliphatic rings. The summed E-state index contributed by atoms with van der Waals surface area (Å²) in [5.41, 5.74) is 0. The predicted octanol–water partition coefficient (Wildman–Crippen LogP) is -0.0562. The van der Waals surface area contributed by atoms with Crippen LogP contribution in [-0.4, -0.2) is 37.3 Å². The molecule has 0 aliphatic carbocycles. The topological polar surface area (TPSA) is 56.6 Å². The second-order valence-corrected chi connectivity index (χ2v) is 3.32. The van der Waals surface area contributed by atoms with Crippen molar-refractivity contribution in [1.29, 1.82) is 0 Å². The molecular weight excluding hydrogens is 166 g/mol. The second-order valence-electron chi connectivity index (χ2n) is 3.32. The second kappa shape index (κ2) is 5.80. The lowest BCUT2D eigenvalue weighted by Gasteiger charge is -2.14. The highest BCUT2D eigenvalue weighted by Gasteiger charge is 2.08. The third-order valence-electron chi connectivity index (χ3n) is 2.35. The third-order valence-corrected chi connectivity index (χ3v) is 2.35. The molecule has 0 fully saturated rings. The van der Waals surface area contributed by atoms with Crippen LogP contribution >= 0.6 is 0 Å². The molecule has 1 unspecified atom stereocenters. The number of aliphatic hydroxyl groups excluding tert-OH is 1. The quantitative estimate of drug-likeness (QED) is 0.562. The van der Waals surface area contributed by atoms with Crippen LogP contribution in [0.15, 0.2) is 4.99 Å². The average Bonchev–Trinajstić information content (AvgIpc) is 2.64. The smallest absolute Gasteiger partial charge is 0.191 e. The first-order valence-electron chi connectivity index (χ1n) is 5.00. The molecule has 0 saturated heterocycles. The van der Waals surface area contributed by atoms with E-state index in [1.807, 2.05) is 0 Å². The van der Waals surface area contributed by atoms with E-state index < -0.39 is 0 Å². The Hall–Kier alpha value is -0.770. The van der Waals surface area contributed by atoms with Gasteiger partial charge < -0.3 is 15.7 Å². The van der Waals surface area contributed by atoms with Crippen molar-refractivity contribution >= 4 is 5.96 Å². The summed E-state index contributed by atoms with van der Waals surface area (Å²) in [6.45, 7) is 5.15. The molecule has 0 aromatic rings. The number of aliphatic hydroxyl groups is 1. The van der Waals surface area contributed by atoms with E-state index >= 15 is 0 Å². The molecule has 0 aromatic heterocycles.